The number of hydrogen-bond donors (Lipinski definition) is 1. The second-order valence-corrected chi connectivity index (χ2v) is 7.30. The van der Waals surface area contributed by atoms with E-state index in [4.69, 9.17) is 4.74 Å². The normalized spacial score (nSPS) is 12.8. The van der Waals surface area contributed by atoms with Crippen LogP contribution in [0.4, 0.5) is 36.4 Å². The van der Waals surface area contributed by atoms with E-state index in [1.165, 1.54) is 19.3 Å². The van der Waals surface area contributed by atoms with Crippen molar-refractivity contribution in [1.29, 1.82) is 5.26 Å². The quantitative estimate of drug-likeness (QED) is 0.225. The summed E-state index contributed by atoms with van der Waals surface area (Å²) < 4.78 is 95.2. The van der Waals surface area contributed by atoms with Crippen LogP contribution in [0.15, 0.2) is 59.0 Å². The highest BCUT2D eigenvalue weighted by atomic mass is 32.2. The topological polar surface area (TPSA) is 62.1 Å². The molecule has 0 saturated heterocycles. The lowest BCUT2D eigenvalue weighted by Gasteiger charge is -2.27. The molecule has 2 aromatic rings. The predicted molar refractivity (Wildman–Crippen MR) is 103 cm³/mol. The minimum absolute atomic E-state index is 0.193. The number of carbonyl (C=O) groups excluding carboxylic acids is 1. The molecule has 32 heavy (non-hydrogen) atoms. The first kappa shape index (κ1) is 25.1. The number of rotatable bonds is 7. The van der Waals surface area contributed by atoms with Crippen molar-refractivity contribution in [3.05, 3.63) is 59.7 Å². The molecule has 1 amide bonds. The molecule has 0 heterocycles. The Hall–Kier alpha value is -3.20. The van der Waals surface area contributed by atoms with Crippen LogP contribution in [-0.2, 0) is 4.79 Å². The summed E-state index contributed by atoms with van der Waals surface area (Å²) in [7, 11) is 1.45. The molecule has 2 aromatic carbocycles. The third-order valence-corrected chi connectivity index (χ3v) is 4.85. The van der Waals surface area contributed by atoms with Gasteiger partial charge in [0.15, 0.2) is 0 Å². The number of hydrogen-bond acceptors (Lipinski definition) is 4. The van der Waals surface area contributed by atoms with E-state index in [1.54, 1.807) is 30.3 Å². The van der Waals surface area contributed by atoms with Crippen LogP contribution in [0, 0.1) is 11.3 Å². The number of anilines is 1. The molecule has 0 saturated carbocycles. The summed E-state index contributed by atoms with van der Waals surface area (Å²) in [5.74, 6) is -6.69. The van der Waals surface area contributed by atoms with Gasteiger partial charge in [-0.2, -0.15) is 36.0 Å². The van der Waals surface area contributed by atoms with Crippen LogP contribution in [0.5, 0.6) is 5.75 Å². The molecule has 12 heteroatoms. The maximum Gasteiger partial charge on any atom is 0.460 e. The number of nitrogens with zero attached hydrogens (tertiary/aromatic N) is 1. The summed E-state index contributed by atoms with van der Waals surface area (Å²) in [5.41, 5.74) is -0.0972. The Morgan fingerprint density at radius 1 is 1.06 bits per heavy atom. The molecule has 4 nitrogen and oxygen atoms in total. The summed E-state index contributed by atoms with van der Waals surface area (Å²) in [4.78, 5) is 11.7. The van der Waals surface area contributed by atoms with Crippen molar-refractivity contribution in [3.63, 3.8) is 0 Å². The van der Waals surface area contributed by atoms with E-state index in [0.29, 0.717) is 11.3 Å². The van der Waals surface area contributed by atoms with E-state index in [0.717, 1.165) is 18.2 Å². The maximum absolute atomic E-state index is 13.6. The van der Waals surface area contributed by atoms with E-state index in [1.807, 2.05) is 0 Å². The van der Waals surface area contributed by atoms with Crippen LogP contribution in [0.3, 0.4) is 0 Å². The molecule has 0 fully saturated rings. The molecule has 0 atom stereocenters. The Bertz CT molecular complexity index is 1050. The molecule has 0 aliphatic rings. The molecule has 0 spiro atoms. The van der Waals surface area contributed by atoms with E-state index >= 15 is 0 Å². The zero-order chi connectivity index (χ0) is 24.2. The third kappa shape index (κ3) is 5.73. The van der Waals surface area contributed by atoms with Gasteiger partial charge in [0.05, 0.1) is 7.11 Å². The molecular formula is C20H13F7N2O2S. The van der Waals surface area contributed by atoms with Crippen molar-refractivity contribution >= 4 is 29.4 Å². The molecule has 0 aliphatic heterocycles. The van der Waals surface area contributed by atoms with Crippen LogP contribution in [-0.4, -0.2) is 30.4 Å². The number of carbonyl (C=O) groups is 1. The first-order valence-corrected chi connectivity index (χ1v) is 9.31. The van der Waals surface area contributed by atoms with Crippen LogP contribution < -0.4 is 10.1 Å². The second kappa shape index (κ2) is 9.52. The molecule has 0 radical (unpaired) electrons. The summed E-state index contributed by atoms with van der Waals surface area (Å²) in [6.45, 7) is 0. The van der Waals surface area contributed by atoms with E-state index in [-0.39, 0.29) is 11.3 Å². The number of alkyl halides is 7. The summed E-state index contributed by atoms with van der Waals surface area (Å²) >= 11 is -1.00. The SMILES string of the molecule is COc1ccc(/C=C(/C#N)C(=O)Nc2cccc(SC(F)(F)C(F)(F)C(F)(F)F)c2)cc1. The Morgan fingerprint density at radius 2 is 1.69 bits per heavy atom. The average molecular weight is 478 g/mol. The Kier molecular flexibility index (Phi) is 7.46. The van der Waals surface area contributed by atoms with Crippen LogP contribution in [0.2, 0.25) is 0 Å². The highest BCUT2D eigenvalue weighted by Crippen LogP contribution is 2.53. The van der Waals surface area contributed by atoms with Crippen LogP contribution in [0.1, 0.15) is 5.56 Å². The number of halogens is 7. The lowest BCUT2D eigenvalue weighted by Crippen LogP contribution is -2.49. The fraction of sp³-hybridized carbons (Fsp3) is 0.200. The molecule has 0 bridgehead atoms. The van der Waals surface area contributed by atoms with Crippen molar-refractivity contribution in [1.82, 2.24) is 0 Å². The smallest absolute Gasteiger partial charge is 0.460 e. The van der Waals surface area contributed by atoms with Gasteiger partial charge in [-0.15, -0.1) is 0 Å². The molecule has 170 valence electrons. The van der Waals surface area contributed by atoms with Crippen molar-refractivity contribution < 1.29 is 40.3 Å². The fourth-order valence-corrected chi connectivity index (χ4v) is 3.10. The first-order chi connectivity index (χ1) is 14.8. The Balaban J connectivity index is 2.20. The van der Waals surface area contributed by atoms with E-state index < -0.39 is 39.9 Å². The van der Waals surface area contributed by atoms with E-state index in [9.17, 15) is 40.8 Å². The minimum Gasteiger partial charge on any atom is -0.497 e. The molecule has 0 aromatic heterocycles. The Labute approximate surface area is 181 Å². The van der Waals surface area contributed by atoms with Gasteiger partial charge in [0.25, 0.3) is 5.91 Å². The minimum atomic E-state index is -6.46. The van der Waals surface area contributed by atoms with Crippen molar-refractivity contribution in [2.24, 2.45) is 0 Å². The number of methoxy groups -OCH3 is 1. The number of nitriles is 1. The largest absolute Gasteiger partial charge is 0.497 e. The standard InChI is InChI=1S/C20H13F7N2O2S/c1-31-15-7-5-12(6-8-15)9-13(11-28)17(30)29-14-3-2-4-16(10-14)32-20(26,27)18(21,22)19(23,24)25/h2-10H,1H3,(H,29,30)/b13-9-. The number of ether oxygens (including phenoxy) is 1. The Morgan fingerprint density at radius 3 is 2.22 bits per heavy atom. The zero-order valence-corrected chi connectivity index (χ0v) is 16.8. The van der Waals surface area contributed by atoms with Gasteiger partial charge in [0.1, 0.15) is 17.4 Å². The van der Waals surface area contributed by atoms with Crippen molar-refractivity contribution in [3.8, 4) is 11.8 Å². The molecule has 1 N–H and O–H groups in total. The lowest BCUT2D eigenvalue weighted by atomic mass is 10.1. The van der Waals surface area contributed by atoms with Crippen LogP contribution >= 0.6 is 11.8 Å². The number of thioether (sulfide) groups is 1. The number of benzene rings is 2. The van der Waals surface area contributed by atoms with E-state index in [2.05, 4.69) is 5.32 Å². The van der Waals surface area contributed by atoms with Gasteiger partial charge in [0.2, 0.25) is 0 Å². The highest BCUT2D eigenvalue weighted by molar-refractivity contribution is 8.00. The molecule has 2 rings (SSSR count). The van der Waals surface area contributed by atoms with Gasteiger partial charge >= 0.3 is 17.4 Å². The van der Waals surface area contributed by atoms with Crippen molar-refractivity contribution in [2.45, 2.75) is 22.2 Å². The van der Waals surface area contributed by atoms with Crippen LogP contribution in [0.25, 0.3) is 6.08 Å². The summed E-state index contributed by atoms with van der Waals surface area (Å²) in [6.07, 6.45) is -5.23. The lowest BCUT2D eigenvalue weighted by molar-refractivity contribution is -0.330. The predicted octanol–water partition coefficient (Wildman–Crippen LogP) is 6.12. The fourth-order valence-electron chi connectivity index (χ4n) is 2.23. The maximum atomic E-state index is 13.6. The molecular weight excluding hydrogens is 465 g/mol. The molecule has 0 unspecified atom stereocenters. The van der Waals surface area contributed by atoms with Gasteiger partial charge < -0.3 is 10.1 Å². The monoisotopic (exact) mass is 478 g/mol. The zero-order valence-electron chi connectivity index (χ0n) is 16.0. The van der Waals surface area contributed by atoms with Gasteiger partial charge in [0, 0.05) is 10.6 Å². The van der Waals surface area contributed by atoms with Gasteiger partial charge in [-0.05, 0) is 53.7 Å². The van der Waals surface area contributed by atoms with Gasteiger partial charge in [-0.3, -0.25) is 4.79 Å². The van der Waals surface area contributed by atoms with Crippen molar-refractivity contribution in [2.75, 3.05) is 12.4 Å². The van der Waals surface area contributed by atoms with Gasteiger partial charge in [-0.1, -0.05) is 18.2 Å². The number of nitrogens with one attached hydrogen (secondary N) is 1. The summed E-state index contributed by atoms with van der Waals surface area (Å²) in [5, 5.41) is 5.92. The summed E-state index contributed by atoms with van der Waals surface area (Å²) in [6, 6.07) is 11.8. The highest BCUT2D eigenvalue weighted by Gasteiger charge is 2.73. The average Bonchev–Trinajstić information content (AvgIpc) is 2.71. The van der Waals surface area contributed by atoms with Gasteiger partial charge in [-0.25, -0.2) is 0 Å². The third-order valence-electron chi connectivity index (χ3n) is 3.85. The molecule has 0 aliphatic carbocycles. The second-order valence-electron chi connectivity index (χ2n) is 6.12. The number of amides is 1. The first-order valence-electron chi connectivity index (χ1n) is 8.49.